The summed E-state index contributed by atoms with van der Waals surface area (Å²) >= 11 is 6.29. The van der Waals surface area contributed by atoms with Crippen molar-refractivity contribution in [1.29, 1.82) is 0 Å². The van der Waals surface area contributed by atoms with Crippen LogP contribution in [0.5, 0.6) is 0 Å². The molecule has 5 nitrogen and oxygen atoms in total. The smallest absolute Gasteiger partial charge is 0.249 e. The summed E-state index contributed by atoms with van der Waals surface area (Å²) in [5, 5.41) is 18.5. The molecule has 0 aliphatic rings. The first-order chi connectivity index (χ1) is 15.3. The molecule has 0 fully saturated rings. The fourth-order valence-corrected chi connectivity index (χ4v) is 3.91. The van der Waals surface area contributed by atoms with E-state index in [1.54, 1.807) is 6.07 Å². The molecule has 0 saturated heterocycles. The molecule has 6 heteroatoms. The van der Waals surface area contributed by atoms with Gasteiger partial charge in [-0.1, -0.05) is 84.4 Å². The molecule has 0 spiro atoms. The van der Waals surface area contributed by atoms with E-state index >= 15 is 0 Å². The van der Waals surface area contributed by atoms with Crippen LogP contribution in [0.4, 0.5) is 0 Å². The zero-order valence-corrected chi connectivity index (χ0v) is 17.8. The van der Waals surface area contributed by atoms with Gasteiger partial charge in [-0.25, -0.2) is 0 Å². The Morgan fingerprint density at radius 2 is 1.45 bits per heavy atom. The van der Waals surface area contributed by atoms with Crippen LogP contribution in [0.2, 0.25) is 5.02 Å². The SMILES string of the molecule is OCCCN(Cc1nnc(-c2ccccc2Cl)o1)C(c1ccccc1)c1ccccc1. The quantitative estimate of drug-likeness (QED) is 0.384. The molecule has 0 unspecified atom stereocenters. The van der Waals surface area contributed by atoms with Crippen molar-refractivity contribution in [2.45, 2.75) is 19.0 Å². The molecule has 0 bridgehead atoms. The molecular weight excluding hydrogens is 410 g/mol. The first-order valence-corrected chi connectivity index (χ1v) is 10.7. The van der Waals surface area contributed by atoms with Gasteiger partial charge in [-0.3, -0.25) is 4.90 Å². The van der Waals surface area contributed by atoms with Gasteiger partial charge in [-0.2, -0.15) is 0 Å². The fraction of sp³-hybridized carbons (Fsp3) is 0.200. The molecule has 0 aliphatic heterocycles. The molecule has 4 rings (SSSR count). The average Bonchev–Trinajstić information content (AvgIpc) is 3.27. The maximum atomic E-state index is 9.49. The topological polar surface area (TPSA) is 62.4 Å². The van der Waals surface area contributed by atoms with Crippen LogP contribution >= 0.6 is 11.6 Å². The number of hydrogen-bond donors (Lipinski definition) is 1. The molecule has 1 heterocycles. The summed E-state index contributed by atoms with van der Waals surface area (Å²) in [4.78, 5) is 2.25. The third kappa shape index (κ3) is 5.20. The van der Waals surface area contributed by atoms with Crippen molar-refractivity contribution in [2.24, 2.45) is 0 Å². The van der Waals surface area contributed by atoms with E-state index < -0.39 is 0 Å². The van der Waals surface area contributed by atoms with Crippen molar-refractivity contribution >= 4 is 11.6 Å². The van der Waals surface area contributed by atoms with Gasteiger partial charge in [0.15, 0.2) is 0 Å². The summed E-state index contributed by atoms with van der Waals surface area (Å²) in [6, 6.07) is 28.1. The van der Waals surface area contributed by atoms with E-state index in [4.69, 9.17) is 16.0 Å². The van der Waals surface area contributed by atoms with Gasteiger partial charge in [0.2, 0.25) is 11.8 Å². The predicted molar refractivity (Wildman–Crippen MR) is 122 cm³/mol. The van der Waals surface area contributed by atoms with Gasteiger partial charge in [0.25, 0.3) is 0 Å². The molecule has 1 N–H and O–H groups in total. The molecular formula is C25H24ClN3O2. The Kier molecular flexibility index (Phi) is 7.10. The van der Waals surface area contributed by atoms with Crippen molar-refractivity contribution in [3.63, 3.8) is 0 Å². The summed E-state index contributed by atoms with van der Waals surface area (Å²) in [7, 11) is 0. The van der Waals surface area contributed by atoms with Crippen molar-refractivity contribution in [1.82, 2.24) is 15.1 Å². The van der Waals surface area contributed by atoms with Gasteiger partial charge in [-0.15, -0.1) is 10.2 Å². The molecule has 3 aromatic carbocycles. The average molecular weight is 434 g/mol. The summed E-state index contributed by atoms with van der Waals surface area (Å²) in [5.41, 5.74) is 3.04. The lowest BCUT2D eigenvalue weighted by Crippen LogP contribution is -2.31. The van der Waals surface area contributed by atoms with Crippen LogP contribution in [-0.2, 0) is 6.54 Å². The second kappa shape index (κ2) is 10.4. The molecule has 0 radical (unpaired) electrons. The number of aliphatic hydroxyl groups excluding tert-OH is 1. The molecule has 1 aromatic heterocycles. The molecule has 0 atom stereocenters. The number of hydrogen-bond acceptors (Lipinski definition) is 5. The lowest BCUT2D eigenvalue weighted by atomic mass is 9.97. The molecule has 31 heavy (non-hydrogen) atoms. The van der Waals surface area contributed by atoms with Crippen molar-refractivity contribution in [3.05, 3.63) is 107 Å². The molecule has 158 valence electrons. The Morgan fingerprint density at radius 1 is 0.839 bits per heavy atom. The monoisotopic (exact) mass is 433 g/mol. The van der Waals surface area contributed by atoms with Gasteiger partial charge < -0.3 is 9.52 Å². The summed E-state index contributed by atoms with van der Waals surface area (Å²) in [5.74, 6) is 0.906. The molecule has 0 saturated carbocycles. The Labute approximate surface area is 186 Å². The van der Waals surface area contributed by atoms with Crippen LogP contribution in [0.3, 0.4) is 0 Å². The fourth-order valence-electron chi connectivity index (χ4n) is 3.69. The van der Waals surface area contributed by atoms with Crippen molar-refractivity contribution in [2.75, 3.05) is 13.2 Å². The Hall–Kier alpha value is -2.99. The van der Waals surface area contributed by atoms with E-state index in [0.29, 0.717) is 41.9 Å². The first-order valence-electron chi connectivity index (χ1n) is 10.3. The zero-order chi connectivity index (χ0) is 21.5. The standard InChI is InChI=1S/C25H24ClN3O2/c26-22-15-8-7-14-21(22)25-28-27-23(31-25)18-29(16-9-17-30)24(19-10-3-1-4-11-19)20-12-5-2-6-13-20/h1-8,10-15,24,30H,9,16-18H2. The highest BCUT2D eigenvalue weighted by Gasteiger charge is 2.24. The van der Waals surface area contributed by atoms with Gasteiger partial charge in [0.05, 0.1) is 23.2 Å². The number of aromatic nitrogens is 2. The Morgan fingerprint density at radius 3 is 2.06 bits per heavy atom. The maximum Gasteiger partial charge on any atom is 0.249 e. The lowest BCUT2D eigenvalue weighted by Gasteiger charge is -2.31. The molecule has 0 amide bonds. The van der Waals surface area contributed by atoms with Gasteiger partial charge >= 0.3 is 0 Å². The minimum Gasteiger partial charge on any atom is -0.419 e. The third-order valence-electron chi connectivity index (χ3n) is 5.11. The van der Waals surface area contributed by atoms with E-state index in [2.05, 4.69) is 39.4 Å². The largest absolute Gasteiger partial charge is 0.419 e. The van der Waals surface area contributed by atoms with Gasteiger partial charge in [0, 0.05) is 13.2 Å². The first kappa shape index (κ1) is 21.2. The van der Waals surface area contributed by atoms with Crippen molar-refractivity contribution in [3.8, 4) is 11.5 Å². The van der Waals surface area contributed by atoms with Crippen molar-refractivity contribution < 1.29 is 9.52 Å². The van der Waals surface area contributed by atoms with Crippen LogP contribution in [0.15, 0.2) is 89.3 Å². The van der Waals surface area contributed by atoms with Gasteiger partial charge in [-0.05, 0) is 29.7 Å². The number of rotatable bonds is 9. The minimum absolute atomic E-state index is 0.00962. The van der Waals surface area contributed by atoms with Crippen LogP contribution in [-0.4, -0.2) is 33.4 Å². The molecule has 4 aromatic rings. The van der Waals surface area contributed by atoms with E-state index in [-0.39, 0.29) is 12.6 Å². The predicted octanol–water partition coefficient (Wildman–Crippen LogP) is 5.36. The zero-order valence-electron chi connectivity index (χ0n) is 17.1. The second-order valence-corrected chi connectivity index (χ2v) is 7.66. The number of halogens is 1. The highest BCUT2D eigenvalue weighted by molar-refractivity contribution is 6.33. The molecule has 0 aliphatic carbocycles. The lowest BCUT2D eigenvalue weighted by molar-refractivity contribution is 0.173. The van der Waals surface area contributed by atoms with Gasteiger partial charge in [0.1, 0.15) is 0 Å². The van der Waals surface area contributed by atoms with E-state index in [1.807, 2.05) is 54.6 Å². The number of benzene rings is 3. The second-order valence-electron chi connectivity index (χ2n) is 7.25. The van der Waals surface area contributed by atoms with E-state index in [1.165, 1.54) is 0 Å². The third-order valence-corrected chi connectivity index (χ3v) is 5.44. The Balaban J connectivity index is 1.67. The van der Waals surface area contributed by atoms with E-state index in [9.17, 15) is 5.11 Å². The van der Waals surface area contributed by atoms with Crippen LogP contribution < -0.4 is 0 Å². The minimum atomic E-state index is -0.00962. The number of nitrogens with zero attached hydrogens (tertiary/aromatic N) is 3. The number of aliphatic hydroxyl groups is 1. The normalized spacial score (nSPS) is 11.4. The van der Waals surface area contributed by atoms with Crippen LogP contribution in [0.1, 0.15) is 29.5 Å². The van der Waals surface area contributed by atoms with Crippen LogP contribution in [0.25, 0.3) is 11.5 Å². The highest BCUT2D eigenvalue weighted by atomic mass is 35.5. The maximum absolute atomic E-state index is 9.49. The Bertz CT molecular complexity index is 1050. The highest BCUT2D eigenvalue weighted by Crippen LogP contribution is 2.31. The summed E-state index contributed by atoms with van der Waals surface area (Å²) < 4.78 is 5.97. The summed E-state index contributed by atoms with van der Waals surface area (Å²) in [6.45, 7) is 1.24. The summed E-state index contributed by atoms with van der Waals surface area (Å²) in [6.07, 6.45) is 0.641. The van der Waals surface area contributed by atoms with E-state index in [0.717, 1.165) is 11.1 Å². The van der Waals surface area contributed by atoms with Crippen LogP contribution in [0, 0.1) is 0 Å².